The van der Waals surface area contributed by atoms with E-state index in [0.717, 1.165) is 0 Å². The third kappa shape index (κ3) is 2.97. The van der Waals surface area contributed by atoms with Gasteiger partial charge in [-0.05, 0) is 12.1 Å². The van der Waals surface area contributed by atoms with Crippen molar-refractivity contribution in [1.82, 2.24) is 0 Å². The molecule has 17 heavy (non-hydrogen) atoms. The minimum Gasteiger partial charge on any atom is -0.872 e. The van der Waals surface area contributed by atoms with Gasteiger partial charge in [-0.1, -0.05) is 28.5 Å². The van der Waals surface area contributed by atoms with Crippen LogP contribution in [-0.4, -0.2) is 16.8 Å². The Morgan fingerprint density at radius 3 is 2.47 bits per heavy atom. The van der Waals surface area contributed by atoms with E-state index in [-0.39, 0.29) is 15.9 Å². The van der Waals surface area contributed by atoms with E-state index < -0.39 is 7.80 Å². The molecule has 0 amide bonds. The van der Waals surface area contributed by atoms with Gasteiger partial charge >= 0.3 is 23.4 Å². The third-order valence-corrected chi connectivity index (χ3v) is 3.24. The zero-order chi connectivity index (χ0) is 11.5. The first-order chi connectivity index (χ1) is 7.68. The van der Waals surface area contributed by atoms with Crippen LogP contribution < -0.4 is 15.5 Å². The standard InChI is InChI=1S/C12H10NO2P.Be/c1-16(15)12-8-4-6-10(13-12)9-5-2-3-7-11(9)14;/h2-8H,1H3;/q;+2/p+1. The van der Waals surface area contributed by atoms with Gasteiger partial charge in [0.15, 0.2) is 0 Å². The molecule has 0 aliphatic heterocycles. The van der Waals surface area contributed by atoms with Gasteiger partial charge in [0.2, 0.25) is 5.69 Å². The Bertz CT molecular complexity index is 546. The first-order valence-corrected chi connectivity index (χ1v) is 6.59. The summed E-state index contributed by atoms with van der Waals surface area (Å²) < 4.78 is 11.4. The Morgan fingerprint density at radius 1 is 1.12 bits per heavy atom. The van der Waals surface area contributed by atoms with E-state index >= 15 is 0 Å². The number of pyridine rings is 1. The van der Waals surface area contributed by atoms with Crippen LogP contribution in [0.3, 0.4) is 0 Å². The van der Waals surface area contributed by atoms with Gasteiger partial charge in [0.25, 0.3) is 0 Å². The van der Waals surface area contributed by atoms with Crippen molar-refractivity contribution in [3.8, 4) is 17.0 Å². The average molecular weight is 241 g/mol. The number of rotatable bonds is 2. The Morgan fingerprint density at radius 2 is 1.82 bits per heavy atom. The number of hydrogen-bond donors (Lipinski definition) is 0. The van der Waals surface area contributed by atoms with Crippen LogP contribution >= 0.6 is 7.80 Å². The van der Waals surface area contributed by atoms with Gasteiger partial charge in [-0.3, -0.25) is 0 Å². The molecule has 1 heterocycles. The van der Waals surface area contributed by atoms with Crippen molar-refractivity contribution < 1.29 is 14.7 Å². The molecule has 0 aliphatic carbocycles. The molecule has 0 fully saturated rings. The topological polar surface area (TPSA) is 54.3 Å². The molecule has 80 valence electrons. The van der Waals surface area contributed by atoms with Crippen LogP contribution in [-0.2, 0) is 4.57 Å². The van der Waals surface area contributed by atoms with Crippen LogP contribution in [0.2, 0.25) is 0 Å². The summed E-state index contributed by atoms with van der Waals surface area (Å²) in [5, 5.41) is 11.6. The van der Waals surface area contributed by atoms with Crippen molar-refractivity contribution in [3.63, 3.8) is 0 Å². The Hall–Kier alpha value is -1.56. The van der Waals surface area contributed by atoms with Gasteiger partial charge in [0, 0.05) is 11.6 Å². The molecule has 2 rings (SSSR count). The van der Waals surface area contributed by atoms with Crippen LogP contribution in [0.5, 0.6) is 5.75 Å². The maximum atomic E-state index is 11.6. The second-order valence-corrected chi connectivity index (χ2v) is 4.92. The van der Waals surface area contributed by atoms with Crippen molar-refractivity contribution >= 4 is 23.4 Å². The quantitative estimate of drug-likeness (QED) is 0.580. The summed E-state index contributed by atoms with van der Waals surface area (Å²) in [6.45, 7) is 1.63. The number of para-hydroxylation sites is 1. The molecule has 5 heteroatoms. The summed E-state index contributed by atoms with van der Waals surface area (Å²) in [4.78, 5) is 3.02. The summed E-state index contributed by atoms with van der Waals surface area (Å²) in [6.07, 6.45) is 0. The zero-order valence-corrected chi connectivity index (χ0v) is 10.4. The Kier molecular flexibility index (Phi) is 4.51. The number of benzene rings is 1. The molecule has 0 bridgehead atoms. The van der Waals surface area contributed by atoms with E-state index in [2.05, 4.69) is 4.98 Å². The van der Waals surface area contributed by atoms with Gasteiger partial charge in [-0.2, -0.15) is 4.98 Å². The third-order valence-electron chi connectivity index (χ3n) is 2.30. The summed E-state index contributed by atoms with van der Waals surface area (Å²) >= 11 is 0. The maximum absolute atomic E-state index is 11.6. The predicted molar refractivity (Wildman–Crippen MR) is 66.8 cm³/mol. The van der Waals surface area contributed by atoms with Gasteiger partial charge in [-0.15, -0.1) is 0 Å². The van der Waals surface area contributed by atoms with Crippen LogP contribution in [0.15, 0.2) is 42.5 Å². The summed E-state index contributed by atoms with van der Waals surface area (Å²) in [6, 6.07) is 12.1. The van der Waals surface area contributed by atoms with Gasteiger partial charge < -0.3 is 5.11 Å². The predicted octanol–water partition coefficient (Wildman–Crippen LogP) is 0.943. The van der Waals surface area contributed by atoms with Crippen LogP contribution in [0, 0.1) is 0 Å². The van der Waals surface area contributed by atoms with Crippen molar-refractivity contribution in [2.45, 2.75) is 0 Å². The van der Waals surface area contributed by atoms with Crippen LogP contribution in [0.4, 0.5) is 0 Å². The Labute approximate surface area is 105 Å². The SMILES string of the molecule is C[P+](=O)c1cccc(-c2ccccc2[O-])[nH+]1.[Be+2]. The second-order valence-electron chi connectivity index (χ2n) is 3.44. The van der Waals surface area contributed by atoms with Crippen molar-refractivity contribution in [2.75, 3.05) is 6.66 Å². The second kappa shape index (κ2) is 5.67. The van der Waals surface area contributed by atoms with E-state index in [1.54, 1.807) is 37.0 Å². The fourth-order valence-corrected chi connectivity index (χ4v) is 2.06. The van der Waals surface area contributed by atoms with Crippen molar-refractivity contribution in [2.24, 2.45) is 0 Å². The normalized spacial score (nSPS) is 10.5. The van der Waals surface area contributed by atoms with E-state index in [0.29, 0.717) is 16.7 Å². The molecule has 2 aromatic rings. The molecular weight excluding hydrogens is 230 g/mol. The summed E-state index contributed by atoms with van der Waals surface area (Å²) in [7, 11) is -1.42. The number of hydrogen-bond acceptors (Lipinski definition) is 2. The maximum Gasteiger partial charge on any atom is 2.00 e. The van der Waals surface area contributed by atoms with Gasteiger partial charge in [0.1, 0.15) is 6.66 Å². The summed E-state index contributed by atoms with van der Waals surface area (Å²) in [5.41, 5.74) is 1.95. The summed E-state index contributed by atoms with van der Waals surface area (Å²) in [5.74, 6) is -0.0396. The molecule has 0 saturated carbocycles. The molecule has 1 aromatic heterocycles. The molecule has 1 N–H and O–H groups in total. The molecule has 1 atom stereocenters. The van der Waals surface area contributed by atoms with Crippen molar-refractivity contribution in [3.05, 3.63) is 42.5 Å². The Balaban J connectivity index is 0.00000144. The smallest absolute Gasteiger partial charge is 0.872 e. The average Bonchev–Trinajstić information content (AvgIpc) is 2.30. The minimum absolute atomic E-state index is 0. The number of nitrogens with one attached hydrogen (secondary N) is 1. The fourth-order valence-electron chi connectivity index (χ4n) is 1.49. The van der Waals surface area contributed by atoms with Crippen LogP contribution in [0.1, 0.15) is 0 Å². The number of H-pyrrole nitrogens is 1. The molecule has 1 aromatic carbocycles. The van der Waals surface area contributed by atoms with E-state index in [1.807, 2.05) is 6.07 Å². The van der Waals surface area contributed by atoms with Gasteiger partial charge in [0.05, 0.1) is 6.07 Å². The number of aromatic amines is 1. The molecule has 0 radical (unpaired) electrons. The van der Waals surface area contributed by atoms with E-state index in [4.69, 9.17) is 0 Å². The monoisotopic (exact) mass is 241 g/mol. The minimum atomic E-state index is -1.42. The first kappa shape index (κ1) is 13.5. The van der Waals surface area contributed by atoms with Crippen LogP contribution in [0.25, 0.3) is 11.3 Å². The molecule has 0 spiro atoms. The van der Waals surface area contributed by atoms with Gasteiger partial charge in [-0.25, -0.2) is 0 Å². The fraction of sp³-hybridized carbons (Fsp3) is 0.0833. The first-order valence-electron chi connectivity index (χ1n) is 4.88. The molecule has 0 aliphatic rings. The molecule has 3 nitrogen and oxygen atoms in total. The van der Waals surface area contributed by atoms with E-state index in [1.165, 1.54) is 6.07 Å². The number of aromatic nitrogens is 1. The van der Waals surface area contributed by atoms with Crippen molar-refractivity contribution in [1.29, 1.82) is 0 Å². The molecule has 1 unspecified atom stereocenters. The van der Waals surface area contributed by atoms with E-state index in [9.17, 15) is 9.67 Å². The molecular formula is C12H11BeNO2P+3. The largest absolute Gasteiger partial charge is 2.00 e. The molecule has 0 saturated heterocycles. The zero-order valence-electron chi connectivity index (χ0n) is 9.51.